The van der Waals surface area contributed by atoms with Gasteiger partial charge in [0.05, 0.1) is 0 Å². The fourth-order valence-electron chi connectivity index (χ4n) is 2.20. The summed E-state index contributed by atoms with van der Waals surface area (Å²) in [6.07, 6.45) is 12.3. The van der Waals surface area contributed by atoms with Crippen LogP contribution in [0.25, 0.3) is 0 Å². The molecule has 0 aliphatic rings. The zero-order valence-corrected chi connectivity index (χ0v) is 11.6. The van der Waals surface area contributed by atoms with Crippen LogP contribution in [0, 0.1) is 5.92 Å². The number of hydrogen-bond acceptors (Lipinski definition) is 5. The molecule has 0 unspecified atom stereocenters. The highest BCUT2D eigenvalue weighted by atomic mass is 15.3. The van der Waals surface area contributed by atoms with Gasteiger partial charge in [0.15, 0.2) is 0 Å². The summed E-state index contributed by atoms with van der Waals surface area (Å²) in [6, 6.07) is 4.09. The minimum absolute atomic E-state index is 0.819. The Balaban J connectivity index is 1.65. The lowest BCUT2D eigenvalue weighted by Crippen LogP contribution is -2.09. The van der Waals surface area contributed by atoms with E-state index < -0.39 is 0 Å². The van der Waals surface area contributed by atoms with E-state index in [9.17, 15) is 0 Å². The Bertz CT molecular complexity index is 580. The minimum Gasteiger partial charge on any atom is -0.320 e. The third-order valence-electron chi connectivity index (χ3n) is 3.34. The number of aromatic nitrogens is 7. The van der Waals surface area contributed by atoms with Crippen LogP contribution in [-0.4, -0.2) is 34.5 Å². The van der Waals surface area contributed by atoms with Crippen molar-refractivity contribution in [2.45, 2.75) is 25.9 Å². The standard InChI is InChI=1S/C14H16N7/c1-5-15-6-2-13(1)14(3-7-20-11-17-18-12-20)4-8-21-10-16-9-19-21/h1-2,5-6,9-12H,3-4,7-8H2. The van der Waals surface area contributed by atoms with Crippen LogP contribution in [0.4, 0.5) is 0 Å². The maximum atomic E-state index is 4.15. The lowest BCUT2D eigenvalue weighted by molar-refractivity contribution is 0.554. The lowest BCUT2D eigenvalue weighted by atomic mass is 9.93. The van der Waals surface area contributed by atoms with Crippen LogP contribution in [-0.2, 0) is 13.1 Å². The molecule has 0 saturated heterocycles. The van der Waals surface area contributed by atoms with E-state index in [-0.39, 0.29) is 0 Å². The van der Waals surface area contributed by atoms with E-state index in [4.69, 9.17) is 0 Å². The van der Waals surface area contributed by atoms with Gasteiger partial charge in [0.25, 0.3) is 0 Å². The van der Waals surface area contributed by atoms with Gasteiger partial charge in [0.1, 0.15) is 25.3 Å². The van der Waals surface area contributed by atoms with Crippen LogP contribution in [0.2, 0.25) is 0 Å². The number of nitrogens with zero attached hydrogens (tertiary/aromatic N) is 7. The van der Waals surface area contributed by atoms with Crippen molar-refractivity contribution in [3.8, 4) is 0 Å². The van der Waals surface area contributed by atoms with Gasteiger partial charge in [-0.15, -0.1) is 10.2 Å². The quantitative estimate of drug-likeness (QED) is 0.654. The molecule has 0 aliphatic heterocycles. The fraction of sp³-hybridized carbons (Fsp3) is 0.286. The molecule has 0 saturated carbocycles. The highest BCUT2D eigenvalue weighted by Crippen LogP contribution is 2.23. The van der Waals surface area contributed by atoms with Gasteiger partial charge in [-0.1, -0.05) is 0 Å². The highest BCUT2D eigenvalue weighted by molar-refractivity contribution is 5.28. The summed E-state index contributed by atoms with van der Waals surface area (Å²) in [5.41, 5.74) is 1.22. The molecular formula is C14H16N7. The maximum absolute atomic E-state index is 4.15. The first kappa shape index (κ1) is 13.4. The molecule has 7 heteroatoms. The van der Waals surface area contributed by atoms with Crippen molar-refractivity contribution in [2.75, 3.05) is 0 Å². The van der Waals surface area contributed by atoms with Gasteiger partial charge in [0.2, 0.25) is 0 Å². The average molecular weight is 282 g/mol. The van der Waals surface area contributed by atoms with Crippen LogP contribution in [0.15, 0.2) is 49.8 Å². The van der Waals surface area contributed by atoms with Crippen molar-refractivity contribution in [1.82, 2.24) is 34.5 Å². The summed E-state index contributed by atoms with van der Waals surface area (Å²) in [6.45, 7) is 1.68. The fourth-order valence-corrected chi connectivity index (χ4v) is 2.20. The molecule has 3 heterocycles. The van der Waals surface area contributed by atoms with Crippen molar-refractivity contribution in [3.05, 3.63) is 61.3 Å². The molecule has 0 N–H and O–H groups in total. The van der Waals surface area contributed by atoms with E-state index in [2.05, 4.69) is 25.3 Å². The van der Waals surface area contributed by atoms with E-state index in [0.29, 0.717) is 0 Å². The number of hydrogen-bond donors (Lipinski definition) is 0. The van der Waals surface area contributed by atoms with Gasteiger partial charge in [-0.2, -0.15) is 5.10 Å². The van der Waals surface area contributed by atoms with Crippen LogP contribution in [0.3, 0.4) is 0 Å². The Morgan fingerprint density at radius 1 is 0.905 bits per heavy atom. The summed E-state index contributed by atoms with van der Waals surface area (Å²) in [5, 5.41) is 11.8. The Kier molecular flexibility index (Phi) is 4.30. The van der Waals surface area contributed by atoms with E-state index in [1.807, 2.05) is 33.8 Å². The van der Waals surface area contributed by atoms with Crippen LogP contribution in [0.1, 0.15) is 18.4 Å². The van der Waals surface area contributed by atoms with E-state index in [1.54, 1.807) is 25.3 Å². The SMILES string of the molecule is c1cc([C](CCn2cnnc2)CCn2cncn2)ccn1. The molecule has 107 valence electrons. The van der Waals surface area contributed by atoms with Crippen molar-refractivity contribution in [2.24, 2.45) is 0 Å². The van der Waals surface area contributed by atoms with Gasteiger partial charge in [-0.3, -0.25) is 9.67 Å². The summed E-state index contributed by atoms with van der Waals surface area (Å²) in [5.74, 6) is 1.36. The van der Waals surface area contributed by atoms with E-state index in [0.717, 1.165) is 25.9 Å². The Hall–Kier alpha value is -2.57. The molecule has 0 aliphatic carbocycles. The molecule has 0 bridgehead atoms. The minimum atomic E-state index is 0.819. The lowest BCUT2D eigenvalue weighted by Gasteiger charge is -2.16. The van der Waals surface area contributed by atoms with Crippen LogP contribution in [0.5, 0.6) is 0 Å². The van der Waals surface area contributed by atoms with Gasteiger partial charge in [0, 0.05) is 31.4 Å². The highest BCUT2D eigenvalue weighted by Gasteiger charge is 2.13. The normalized spacial score (nSPS) is 11.1. The molecule has 0 atom stereocenters. The average Bonchev–Trinajstić information content (AvgIpc) is 3.21. The zero-order valence-electron chi connectivity index (χ0n) is 11.6. The molecule has 3 aromatic rings. The molecule has 3 aromatic heterocycles. The molecule has 1 radical (unpaired) electrons. The van der Waals surface area contributed by atoms with Gasteiger partial charge < -0.3 is 4.57 Å². The Morgan fingerprint density at radius 2 is 1.67 bits per heavy atom. The first-order chi connectivity index (χ1) is 10.4. The molecule has 0 aromatic carbocycles. The van der Waals surface area contributed by atoms with Gasteiger partial charge >= 0.3 is 0 Å². The molecule has 3 rings (SSSR count). The monoisotopic (exact) mass is 282 g/mol. The number of aryl methyl sites for hydroxylation is 2. The summed E-state index contributed by atoms with van der Waals surface area (Å²) in [7, 11) is 0. The zero-order chi connectivity index (χ0) is 14.3. The molecule has 0 amide bonds. The largest absolute Gasteiger partial charge is 0.320 e. The van der Waals surface area contributed by atoms with Crippen molar-refractivity contribution in [3.63, 3.8) is 0 Å². The van der Waals surface area contributed by atoms with E-state index >= 15 is 0 Å². The van der Waals surface area contributed by atoms with Crippen molar-refractivity contribution in [1.29, 1.82) is 0 Å². The topological polar surface area (TPSA) is 74.3 Å². The van der Waals surface area contributed by atoms with Gasteiger partial charge in [-0.05, 0) is 30.5 Å². The second-order valence-corrected chi connectivity index (χ2v) is 4.70. The number of rotatable bonds is 7. The third-order valence-corrected chi connectivity index (χ3v) is 3.34. The second kappa shape index (κ2) is 6.74. The predicted molar refractivity (Wildman–Crippen MR) is 75.9 cm³/mol. The number of pyridine rings is 1. The Labute approximate surface area is 122 Å². The molecule has 7 nitrogen and oxygen atoms in total. The maximum Gasteiger partial charge on any atom is 0.137 e. The van der Waals surface area contributed by atoms with Gasteiger partial charge in [-0.25, -0.2) is 4.98 Å². The summed E-state index contributed by atoms with van der Waals surface area (Å²) < 4.78 is 3.83. The van der Waals surface area contributed by atoms with Crippen LogP contribution < -0.4 is 0 Å². The third kappa shape index (κ3) is 3.71. The molecule has 0 fully saturated rings. The predicted octanol–water partition coefficient (Wildman–Crippen LogP) is 1.37. The van der Waals surface area contributed by atoms with E-state index in [1.165, 1.54) is 11.5 Å². The second-order valence-electron chi connectivity index (χ2n) is 4.70. The van der Waals surface area contributed by atoms with Crippen molar-refractivity contribution < 1.29 is 0 Å². The Morgan fingerprint density at radius 3 is 2.38 bits per heavy atom. The molecule has 21 heavy (non-hydrogen) atoms. The summed E-state index contributed by atoms with van der Waals surface area (Å²) >= 11 is 0. The first-order valence-electron chi connectivity index (χ1n) is 6.82. The smallest absolute Gasteiger partial charge is 0.137 e. The first-order valence-corrected chi connectivity index (χ1v) is 6.82. The van der Waals surface area contributed by atoms with Crippen LogP contribution >= 0.6 is 0 Å². The van der Waals surface area contributed by atoms with Crippen molar-refractivity contribution >= 4 is 0 Å². The molecule has 0 spiro atoms. The molecular weight excluding hydrogens is 266 g/mol. The summed E-state index contributed by atoms with van der Waals surface area (Å²) in [4.78, 5) is 8.05.